The zero-order valence-corrected chi connectivity index (χ0v) is 14.2. The van der Waals surface area contributed by atoms with E-state index in [-0.39, 0.29) is 0 Å². The molecule has 0 aliphatic carbocycles. The molecule has 0 unspecified atom stereocenters. The van der Waals surface area contributed by atoms with E-state index in [0.717, 1.165) is 19.9 Å². The number of ether oxygens (including phenoxy) is 1. The summed E-state index contributed by atoms with van der Waals surface area (Å²) < 4.78 is 66.4. The molecule has 0 saturated carbocycles. The summed E-state index contributed by atoms with van der Waals surface area (Å²) in [6.45, 7) is 1.96. The topological polar surface area (TPSA) is 121 Å². The van der Waals surface area contributed by atoms with Gasteiger partial charge in [0.15, 0.2) is 12.0 Å². The van der Waals surface area contributed by atoms with Gasteiger partial charge in [-0.1, -0.05) is 0 Å². The lowest BCUT2D eigenvalue weighted by Crippen LogP contribution is -2.63. The number of hydrogen-bond acceptors (Lipinski definition) is 7. The van der Waals surface area contributed by atoms with E-state index in [1.165, 1.54) is 0 Å². The minimum Gasteiger partial charge on any atom is -0.387 e. The molecule has 1 heterocycles. The Bertz CT molecular complexity index is 626. The summed E-state index contributed by atoms with van der Waals surface area (Å²) in [5.41, 5.74) is -3.86. The SMILES string of the molecule is CC(=O)/C=C\N(C(C)=O)[C@@H]1O[C@H](CCP(=O)=O)[C@@H](O)[C@]1(O)C(F)(F)F. The van der Waals surface area contributed by atoms with E-state index < -0.39 is 62.2 Å². The third-order valence-corrected chi connectivity index (χ3v) is 4.24. The van der Waals surface area contributed by atoms with Crippen molar-refractivity contribution in [2.75, 3.05) is 6.16 Å². The molecule has 2 N–H and O–H groups in total. The maximum Gasteiger partial charge on any atom is 0.424 e. The first-order valence-electron chi connectivity index (χ1n) is 7.04. The Hall–Kier alpha value is -1.55. The van der Waals surface area contributed by atoms with E-state index in [4.69, 9.17) is 4.74 Å². The summed E-state index contributed by atoms with van der Waals surface area (Å²) in [7, 11) is -2.95. The first kappa shape index (κ1) is 21.5. The Morgan fingerprint density at radius 3 is 2.28 bits per heavy atom. The van der Waals surface area contributed by atoms with E-state index in [9.17, 15) is 42.1 Å². The standard InChI is InChI=1S/C13H17F3NO7P/c1-7(18)3-5-17(8(2)19)11-12(21,13(14,15)16)10(20)9(24-11)4-6-25(22)23/h3,5,9-11,20-21H,4,6H2,1-2H3/b5-3-/t9-,10-,11-,12-/m1/s1. The van der Waals surface area contributed by atoms with E-state index in [0.29, 0.717) is 11.1 Å². The van der Waals surface area contributed by atoms with Gasteiger partial charge in [-0.15, -0.1) is 0 Å². The average molecular weight is 387 g/mol. The number of hydrogen-bond donors (Lipinski definition) is 2. The summed E-state index contributed by atoms with van der Waals surface area (Å²) in [6, 6.07) is 0. The van der Waals surface area contributed by atoms with Crippen molar-refractivity contribution in [3.8, 4) is 0 Å². The Morgan fingerprint density at radius 1 is 1.32 bits per heavy atom. The molecular formula is C13H17F3NO7P. The van der Waals surface area contributed by atoms with Gasteiger partial charge in [-0.25, -0.2) is 9.13 Å². The predicted molar refractivity (Wildman–Crippen MR) is 75.8 cm³/mol. The van der Waals surface area contributed by atoms with Crippen molar-refractivity contribution < 1.29 is 46.8 Å². The molecule has 142 valence electrons. The molecule has 1 fully saturated rings. The molecule has 1 rings (SSSR count). The largest absolute Gasteiger partial charge is 0.424 e. The van der Waals surface area contributed by atoms with Gasteiger partial charge in [-0.3, -0.25) is 14.5 Å². The first-order chi connectivity index (χ1) is 11.3. The van der Waals surface area contributed by atoms with Crippen molar-refractivity contribution >= 4 is 19.4 Å². The molecule has 25 heavy (non-hydrogen) atoms. The van der Waals surface area contributed by atoms with Gasteiger partial charge in [0.1, 0.15) is 6.10 Å². The summed E-state index contributed by atoms with van der Waals surface area (Å²) in [5, 5.41) is 20.0. The maximum absolute atomic E-state index is 13.4. The first-order valence-corrected chi connectivity index (χ1v) is 8.40. The number of carbonyl (C=O) groups is 2. The summed E-state index contributed by atoms with van der Waals surface area (Å²) in [5.74, 6) is -1.58. The van der Waals surface area contributed by atoms with Crippen LogP contribution in [0.4, 0.5) is 13.2 Å². The highest BCUT2D eigenvalue weighted by Crippen LogP contribution is 2.45. The number of allylic oxidation sites excluding steroid dienone is 1. The highest BCUT2D eigenvalue weighted by molar-refractivity contribution is 7.30. The van der Waals surface area contributed by atoms with Crippen LogP contribution in [-0.4, -0.2) is 63.2 Å². The van der Waals surface area contributed by atoms with Gasteiger partial charge in [0, 0.05) is 13.1 Å². The van der Waals surface area contributed by atoms with Crippen LogP contribution in [0, 0.1) is 0 Å². The monoisotopic (exact) mass is 387 g/mol. The third-order valence-electron chi connectivity index (χ3n) is 3.62. The van der Waals surface area contributed by atoms with E-state index in [1.54, 1.807) is 0 Å². The van der Waals surface area contributed by atoms with Crippen LogP contribution in [0.5, 0.6) is 0 Å². The minimum atomic E-state index is -5.40. The lowest BCUT2D eigenvalue weighted by atomic mass is 9.91. The van der Waals surface area contributed by atoms with Gasteiger partial charge < -0.3 is 14.9 Å². The van der Waals surface area contributed by atoms with Crippen LogP contribution in [0.1, 0.15) is 20.3 Å². The fraction of sp³-hybridized carbons (Fsp3) is 0.692. The second-order valence-corrected chi connectivity index (χ2v) is 6.61. The van der Waals surface area contributed by atoms with Crippen molar-refractivity contribution in [3.05, 3.63) is 12.3 Å². The van der Waals surface area contributed by atoms with Crippen LogP contribution in [-0.2, 0) is 23.5 Å². The molecule has 0 bridgehead atoms. The maximum atomic E-state index is 13.4. The number of nitrogens with zero attached hydrogens (tertiary/aromatic N) is 1. The van der Waals surface area contributed by atoms with E-state index in [1.807, 2.05) is 0 Å². The zero-order valence-electron chi connectivity index (χ0n) is 13.3. The fourth-order valence-corrected chi connectivity index (χ4v) is 2.82. The molecular weight excluding hydrogens is 370 g/mol. The van der Waals surface area contributed by atoms with Gasteiger partial charge in [-0.05, 0) is 19.4 Å². The molecule has 0 aromatic heterocycles. The zero-order chi connectivity index (χ0) is 19.6. The van der Waals surface area contributed by atoms with Crippen LogP contribution >= 0.6 is 7.68 Å². The molecule has 1 saturated heterocycles. The Kier molecular flexibility index (Phi) is 6.68. The molecule has 8 nitrogen and oxygen atoms in total. The number of aliphatic hydroxyl groups excluding tert-OH is 1. The molecule has 1 aliphatic rings. The predicted octanol–water partition coefficient (Wildman–Crippen LogP) is 0.880. The second kappa shape index (κ2) is 7.77. The second-order valence-electron chi connectivity index (χ2n) is 5.49. The van der Waals surface area contributed by atoms with Crippen LogP contribution in [0.2, 0.25) is 0 Å². The van der Waals surface area contributed by atoms with E-state index in [2.05, 4.69) is 0 Å². The third kappa shape index (κ3) is 4.55. The number of ketones is 1. The molecule has 0 spiro atoms. The van der Waals surface area contributed by atoms with Crippen molar-refractivity contribution in [2.45, 2.75) is 50.5 Å². The number of carbonyl (C=O) groups excluding carboxylic acids is 2. The number of amides is 1. The molecule has 0 aromatic carbocycles. The van der Waals surface area contributed by atoms with Gasteiger partial charge in [0.2, 0.25) is 11.5 Å². The Labute approximate surface area is 141 Å². The number of alkyl halides is 3. The van der Waals surface area contributed by atoms with Crippen LogP contribution in [0.15, 0.2) is 12.3 Å². The van der Waals surface area contributed by atoms with Gasteiger partial charge in [-0.2, -0.15) is 13.2 Å². The van der Waals surface area contributed by atoms with Crippen molar-refractivity contribution in [1.29, 1.82) is 0 Å². The average Bonchev–Trinajstić information content (AvgIpc) is 2.70. The quantitative estimate of drug-likeness (QED) is 0.513. The number of halogens is 3. The van der Waals surface area contributed by atoms with Crippen molar-refractivity contribution in [1.82, 2.24) is 4.90 Å². The number of aliphatic hydroxyl groups is 2. The van der Waals surface area contributed by atoms with Crippen LogP contribution in [0.3, 0.4) is 0 Å². The van der Waals surface area contributed by atoms with Gasteiger partial charge in [0.05, 0.1) is 12.3 Å². The highest BCUT2D eigenvalue weighted by atomic mass is 31.1. The molecule has 1 amide bonds. The van der Waals surface area contributed by atoms with Crippen molar-refractivity contribution in [2.24, 2.45) is 0 Å². The Balaban J connectivity index is 3.31. The van der Waals surface area contributed by atoms with Crippen molar-refractivity contribution in [3.63, 3.8) is 0 Å². The van der Waals surface area contributed by atoms with Gasteiger partial charge in [0.25, 0.3) is 0 Å². The molecule has 1 aliphatic heterocycles. The smallest absolute Gasteiger partial charge is 0.387 e. The molecule has 12 heteroatoms. The summed E-state index contributed by atoms with van der Waals surface area (Å²) >= 11 is 0. The van der Waals surface area contributed by atoms with Gasteiger partial charge >= 0.3 is 13.9 Å². The highest BCUT2D eigenvalue weighted by Gasteiger charge is 2.71. The Morgan fingerprint density at radius 2 is 1.88 bits per heavy atom. The summed E-state index contributed by atoms with van der Waals surface area (Å²) in [4.78, 5) is 23.0. The number of rotatable bonds is 6. The lowest BCUT2D eigenvalue weighted by molar-refractivity contribution is -0.305. The minimum absolute atomic E-state index is 0.329. The fourth-order valence-electron chi connectivity index (χ4n) is 2.35. The molecule has 0 aromatic rings. The molecule has 0 radical (unpaired) electrons. The molecule has 4 atom stereocenters. The normalized spacial score (nSPS) is 29.8. The lowest BCUT2D eigenvalue weighted by Gasteiger charge is -2.37. The van der Waals surface area contributed by atoms with Crippen LogP contribution < -0.4 is 0 Å². The van der Waals surface area contributed by atoms with E-state index >= 15 is 0 Å². The van der Waals surface area contributed by atoms with Crippen LogP contribution in [0.25, 0.3) is 0 Å². The summed E-state index contributed by atoms with van der Waals surface area (Å²) in [6.07, 6.45) is -11.6.